The molecule has 1 rings (SSSR count). The van der Waals surface area contributed by atoms with Gasteiger partial charge in [-0.2, -0.15) is 13.2 Å². The molecule has 2 N–H and O–H groups in total. The molecule has 0 atom stereocenters. The third kappa shape index (κ3) is 3.12. The molecule has 0 aliphatic rings. The van der Waals surface area contributed by atoms with Gasteiger partial charge in [0.1, 0.15) is 12.2 Å². The first kappa shape index (κ1) is 14.3. The number of hydrogen-bond donors (Lipinski definition) is 2. The van der Waals surface area contributed by atoms with Crippen molar-refractivity contribution in [3.05, 3.63) is 22.5 Å². The predicted molar refractivity (Wildman–Crippen MR) is 58.7 cm³/mol. The van der Waals surface area contributed by atoms with Crippen LogP contribution < -0.4 is 5.32 Å². The molecule has 0 aliphatic heterocycles. The molecular weight excluding hydrogens is 249 g/mol. The molecule has 18 heavy (non-hydrogen) atoms. The maximum absolute atomic E-state index is 12.0. The highest BCUT2D eigenvalue weighted by molar-refractivity contribution is 6.02. The van der Waals surface area contributed by atoms with Gasteiger partial charge in [-0.05, 0) is 26.3 Å². The molecule has 100 valence electrons. The third-order valence-corrected chi connectivity index (χ3v) is 2.47. The highest BCUT2D eigenvalue weighted by Crippen LogP contribution is 2.19. The van der Waals surface area contributed by atoms with Crippen LogP contribution in [0.3, 0.4) is 0 Å². The molecule has 0 spiro atoms. The fourth-order valence-electron chi connectivity index (χ4n) is 1.77. The summed E-state index contributed by atoms with van der Waals surface area (Å²) in [6.07, 6.45) is -4.46. The first-order valence-electron chi connectivity index (χ1n) is 5.18. The van der Waals surface area contributed by atoms with Crippen LogP contribution in [0.1, 0.15) is 39.0 Å². The maximum atomic E-state index is 12.0. The van der Waals surface area contributed by atoms with Crippen LogP contribution in [0.2, 0.25) is 0 Å². The van der Waals surface area contributed by atoms with E-state index in [0.29, 0.717) is 16.8 Å². The molecular formula is C11H13F3N2O2. The Labute approximate surface area is 102 Å². The Morgan fingerprint density at radius 2 is 1.83 bits per heavy atom. The summed E-state index contributed by atoms with van der Waals surface area (Å²) in [6, 6.07) is 0. The van der Waals surface area contributed by atoms with Crippen LogP contribution in [0.5, 0.6) is 0 Å². The Kier molecular flexibility index (Phi) is 3.83. The maximum Gasteiger partial charge on any atom is 0.405 e. The van der Waals surface area contributed by atoms with Crippen LogP contribution >= 0.6 is 0 Å². The van der Waals surface area contributed by atoms with E-state index in [-0.39, 0.29) is 11.5 Å². The molecule has 0 saturated heterocycles. The number of hydrogen-bond acceptors (Lipinski definition) is 2. The van der Waals surface area contributed by atoms with Gasteiger partial charge in [-0.25, -0.2) is 0 Å². The number of Topliss-reactive ketones (excluding diaryl/α,β-unsaturated/α-hetero) is 1. The van der Waals surface area contributed by atoms with Gasteiger partial charge in [-0.15, -0.1) is 0 Å². The molecule has 1 aromatic heterocycles. The summed E-state index contributed by atoms with van der Waals surface area (Å²) >= 11 is 0. The molecule has 1 aromatic rings. The Morgan fingerprint density at radius 1 is 1.28 bits per heavy atom. The Hall–Kier alpha value is -1.79. The first-order chi connectivity index (χ1) is 8.13. The standard InChI is InChI=1S/C11H13F3N2O2/c1-5-8(7(3)17)6(2)16-9(5)10(18)15-4-11(12,13)14/h16H,4H2,1-3H3,(H,15,18). The molecule has 0 saturated carbocycles. The number of alkyl halides is 3. The van der Waals surface area contributed by atoms with Gasteiger partial charge in [-0.3, -0.25) is 9.59 Å². The van der Waals surface area contributed by atoms with E-state index in [9.17, 15) is 22.8 Å². The van der Waals surface area contributed by atoms with Gasteiger partial charge in [0.05, 0.1) is 0 Å². The van der Waals surface area contributed by atoms with E-state index in [1.807, 2.05) is 0 Å². The molecule has 0 aromatic carbocycles. The lowest BCUT2D eigenvalue weighted by Gasteiger charge is -2.07. The summed E-state index contributed by atoms with van der Waals surface area (Å²) in [5.41, 5.74) is 1.16. The van der Waals surface area contributed by atoms with Crippen molar-refractivity contribution >= 4 is 11.7 Å². The van der Waals surface area contributed by atoms with Gasteiger partial charge in [0.2, 0.25) is 0 Å². The van der Waals surface area contributed by atoms with Gasteiger partial charge >= 0.3 is 6.18 Å². The van der Waals surface area contributed by atoms with Gasteiger partial charge < -0.3 is 10.3 Å². The molecule has 0 unspecified atom stereocenters. The summed E-state index contributed by atoms with van der Waals surface area (Å²) in [5.74, 6) is -1.11. The summed E-state index contributed by atoms with van der Waals surface area (Å²) in [6.45, 7) is 3.03. The second-order valence-corrected chi connectivity index (χ2v) is 3.98. The quantitative estimate of drug-likeness (QED) is 0.820. The monoisotopic (exact) mass is 262 g/mol. The third-order valence-electron chi connectivity index (χ3n) is 2.47. The summed E-state index contributed by atoms with van der Waals surface area (Å²) in [5, 5.41) is 1.75. The van der Waals surface area contributed by atoms with Crippen molar-refractivity contribution in [3.63, 3.8) is 0 Å². The Morgan fingerprint density at radius 3 is 2.22 bits per heavy atom. The molecule has 0 bridgehead atoms. The van der Waals surface area contributed by atoms with Gasteiger partial charge in [0.15, 0.2) is 5.78 Å². The topological polar surface area (TPSA) is 62.0 Å². The van der Waals surface area contributed by atoms with Crippen LogP contribution in [0.4, 0.5) is 13.2 Å². The van der Waals surface area contributed by atoms with E-state index in [1.54, 1.807) is 12.2 Å². The fraction of sp³-hybridized carbons (Fsp3) is 0.455. The van der Waals surface area contributed by atoms with E-state index in [4.69, 9.17) is 0 Å². The number of ketones is 1. The van der Waals surface area contributed by atoms with E-state index < -0.39 is 18.6 Å². The van der Waals surface area contributed by atoms with E-state index in [1.165, 1.54) is 13.8 Å². The van der Waals surface area contributed by atoms with Crippen molar-refractivity contribution < 1.29 is 22.8 Å². The first-order valence-corrected chi connectivity index (χ1v) is 5.18. The highest BCUT2D eigenvalue weighted by atomic mass is 19.4. The number of nitrogens with one attached hydrogen (secondary N) is 2. The van der Waals surface area contributed by atoms with Crippen molar-refractivity contribution in [2.24, 2.45) is 0 Å². The normalized spacial score (nSPS) is 11.4. The van der Waals surface area contributed by atoms with E-state index in [2.05, 4.69) is 4.98 Å². The number of H-pyrrole nitrogens is 1. The van der Waals surface area contributed by atoms with Crippen molar-refractivity contribution in [1.82, 2.24) is 10.3 Å². The zero-order valence-electron chi connectivity index (χ0n) is 10.2. The number of aromatic nitrogens is 1. The number of rotatable bonds is 3. The summed E-state index contributed by atoms with van der Waals surface area (Å²) < 4.78 is 35.9. The van der Waals surface area contributed by atoms with Crippen molar-refractivity contribution in [2.75, 3.05) is 6.54 Å². The molecule has 7 heteroatoms. The zero-order chi connectivity index (χ0) is 14.1. The number of aromatic amines is 1. The minimum absolute atomic E-state index is 0.0121. The van der Waals surface area contributed by atoms with Crippen LogP contribution in [0.15, 0.2) is 0 Å². The van der Waals surface area contributed by atoms with Gasteiger partial charge in [-0.1, -0.05) is 0 Å². The molecule has 0 fully saturated rings. The van der Waals surface area contributed by atoms with Crippen LogP contribution in [-0.2, 0) is 0 Å². The average molecular weight is 262 g/mol. The Bertz CT molecular complexity index is 489. The second-order valence-electron chi connectivity index (χ2n) is 3.98. The zero-order valence-corrected chi connectivity index (χ0v) is 10.2. The summed E-state index contributed by atoms with van der Waals surface area (Å²) in [7, 11) is 0. The van der Waals surface area contributed by atoms with Crippen molar-refractivity contribution in [2.45, 2.75) is 26.9 Å². The van der Waals surface area contributed by atoms with Crippen LogP contribution in [0.25, 0.3) is 0 Å². The average Bonchev–Trinajstić information content (AvgIpc) is 2.49. The Balaban J connectivity index is 2.94. The number of carbonyl (C=O) groups is 2. The largest absolute Gasteiger partial charge is 0.405 e. The van der Waals surface area contributed by atoms with Crippen LogP contribution in [0, 0.1) is 13.8 Å². The highest BCUT2D eigenvalue weighted by Gasteiger charge is 2.29. The molecule has 1 heterocycles. The number of amides is 1. The predicted octanol–water partition coefficient (Wildman–Crippen LogP) is 2.13. The van der Waals surface area contributed by atoms with Gasteiger partial charge in [0, 0.05) is 11.3 Å². The lowest BCUT2D eigenvalue weighted by Crippen LogP contribution is -2.34. The molecule has 0 aliphatic carbocycles. The SMILES string of the molecule is CC(=O)c1c(C)[nH]c(C(=O)NCC(F)(F)F)c1C. The summed E-state index contributed by atoms with van der Waals surface area (Å²) in [4.78, 5) is 25.5. The van der Waals surface area contributed by atoms with E-state index >= 15 is 0 Å². The lowest BCUT2D eigenvalue weighted by atomic mass is 10.1. The minimum Gasteiger partial charge on any atom is -0.354 e. The lowest BCUT2D eigenvalue weighted by molar-refractivity contribution is -0.123. The second kappa shape index (κ2) is 4.83. The van der Waals surface area contributed by atoms with E-state index in [0.717, 1.165) is 0 Å². The van der Waals surface area contributed by atoms with Gasteiger partial charge in [0.25, 0.3) is 5.91 Å². The minimum atomic E-state index is -4.46. The number of carbonyl (C=O) groups excluding carboxylic acids is 2. The smallest absolute Gasteiger partial charge is 0.354 e. The van der Waals surface area contributed by atoms with Crippen molar-refractivity contribution in [1.29, 1.82) is 0 Å². The fourth-order valence-corrected chi connectivity index (χ4v) is 1.77. The number of halogens is 3. The van der Waals surface area contributed by atoms with Crippen LogP contribution in [-0.4, -0.2) is 29.4 Å². The van der Waals surface area contributed by atoms with Crippen molar-refractivity contribution in [3.8, 4) is 0 Å². The molecule has 0 radical (unpaired) electrons. The molecule has 1 amide bonds. The number of aryl methyl sites for hydroxylation is 1. The molecule has 4 nitrogen and oxygen atoms in total.